The molecule has 194 valence electrons. The maximum absolute atomic E-state index is 15.5. The van der Waals surface area contributed by atoms with Gasteiger partial charge in [-0.25, -0.2) is 9.18 Å². The molecule has 0 unspecified atom stereocenters. The number of hydrogen-bond donors (Lipinski definition) is 1. The maximum Gasteiger partial charge on any atom is 0.341 e. The minimum Gasteiger partial charge on any atom is -0.497 e. The fourth-order valence-corrected chi connectivity index (χ4v) is 5.40. The zero-order chi connectivity index (χ0) is 26.7. The molecule has 1 saturated heterocycles. The lowest BCUT2D eigenvalue weighted by molar-refractivity contribution is -0.139. The van der Waals surface area contributed by atoms with Crippen molar-refractivity contribution in [1.29, 1.82) is 0 Å². The third-order valence-corrected chi connectivity index (χ3v) is 7.50. The molecule has 3 aromatic carbocycles. The van der Waals surface area contributed by atoms with Crippen LogP contribution in [0.25, 0.3) is 0 Å². The van der Waals surface area contributed by atoms with E-state index in [0.29, 0.717) is 21.7 Å². The SMILES string of the molecule is C=C(C)[C@H]1C[C@H](c2ccc(Cl)cc2)[C@H](c2ccc(OC)cc2)O[C@@H]1c1c(F)ccc(Br)c1OCC(=O)O. The molecule has 37 heavy (non-hydrogen) atoms. The van der Waals surface area contributed by atoms with Gasteiger partial charge in [0.2, 0.25) is 0 Å². The first-order valence-corrected chi connectivity index (χ1v) is 12.9. The summed E-state index contributed by atoms with van der Waals surface area (Å²) in [6, 6.07) is 18.0. The van der Waals surface area contributed by atoms with Crippen molar-refractivity contribution in [3.05, 3.63) is 105 Å². The Morgan fingerprint density at radius 2 is 1.76 bits per heavy atom. The molecule has 1 aliphatic rings. The predicted octanol–water partition coefficient (Wildman–Crippen LogP) is 7.89. The number of halogens is 3. The van der Waals surface area contributed by atoms with E-state index in [1.807, 2.05) is 55.5 Å². The summed E-state index contributed by atoms with van der Waals surface area (Å²) in [6.45, 7) is 5.46. The van der Waals surface area contributed by atoms with E-state index in [1.165, 1.54) is 12.1 Å². The van der Waals surface area contributed by atoms with E-state index in [9.17, 15) is 9.90 Å². The van der Waals surface area contributed by atoms with Gasteiger partial charge >= 0.3 is 5.97 Å². The van der Waals surface area contributed by atoms with Crippen LogP contribution >= 0.6 is 27.5 Å². The molecular formula is C29H27BrClFO5. The normalized spacial score (nSPS) is 21.3. The van der Waals surface area contributed by atoms with Gasteiger partial charge in [-0.1, -0.05) is 48.0 Å². The van der Waals surface area contributed by atoms with Crippen molar-refractivity contribution in [1.82, 2.24) is 0 Å². The predicted molar refractivity (Wildman–Crippen MR) is 144 cm³/mol. The highest BCUT2D eigenvalue weighted by Crippen LogP contribution is 2.54. The molecule has 1 heterocycles. The molecule has 0 spiro atoms. The summed E-state index contributed by atoms with van der Waals surface area (Å²) in [7, 11) is 1.60. The lowest BCUT2D eigenvalue weighted by Gasteiger charge is -2.43. The summed E-state index contributed by atoms with van der Waals surface area (Å²) in [5, 5.41) is 9.82. The summed E-state index contributed by atoms with van der Waals surface area (Å²) in [6.07, 6.45) is -0.601. The van der Waals surface area contributed by atoms with Crippen LogP contribution in [0.4, 0.5) is 4.39 Å². The van der Waals surface area contributed by atoms with Crippen LogP contribution in [0.5, 0.6) is 11.5 Å². The topological polar surface area (TPSA) is 65.0 Å². The van der Waals surface area contributed by atoms with Crippen molar-refractivity contribution in [2.24, 2.45) is 5.92 Å². The zero-order valence-corrected chi connectivity index (χ0v) is 22.8. The minimum atomic E-state index is -1.16. The molecule has 1 aliphatic heterocycles. The van der Waals surface area contributed by atoms with Gasteiger partial charge in [-0.2, -0.15) is 0 Å². The van der Waals surface area contributed by atoms with E-state index in [0.717, 1.165) is 16.7 Å². The van der Waals surface area contributed by atoms with Gasteiger partial charge in [0.05, 0.1) is 29.4 Å². The van der Waals surface area contributed by atoms with Crippen LogP contribution in [-0.4, -0.2) is 24.8 Å². The lowest BCUT2D eigenvalue weighted by atomic mass is 9.74. The number of rotatable bonds is 8. The summed E-state index contributed by atoms with van der Waals surface area (Å²) in [5.74, 6) is -1.24. The van der Waals surface area contributed by atoms with Crippen LogP contribution in [0.15, 0.2) is 77.3 Å². The second-order valence-electron chi connectivity index (χ2n) is 9.05. The van der Waals surface area contributed by atoms with Crippen molar-refractivity contribution >= 4 is 33.5 Å². The molecule has 1 N–H and O–H groups in total. The number of ether oxygens (including phenoxy) is 3. The molecule has 0 bridgehead atoms. The molecular weight excluding hydrogens is 563 g/mol. The number of hydrogen-bond acceptors (Lipinski definition) is 4. The third kappa shape index (κ3) is 6.00. The fraction of sp³-hybridized carbons (Fsp3) is 0.276. The van der Waals surface area contributed by atoms with Gasteiger partial charge < -0.3 is 19.3 Å². The Morgan fingerprint density at radius 1 is 1.11 bits per heavy atom. The molecule has 0 radical (unpaired) electrons. The van der Waals surface area contributed by atoms with Crippen molar-refractivity contribution in [3.8, 4) is 11.5 Å². The van der Waals surface area contributed by atoms with Gasteiger partial charge in [0, 0.05) is 16.9 Å². The Morgan fingerprint density at radius 3 is 2.35 bits per heavy atom. The largest absolute Gasteiger partial charge is 0.497 e. The second kappa shape index (κ2) is 11.7. The Bertz CT molecular complexity index is 1280. The second-order valence-corrected chi connectivity index (χ2v) is 10.3. The van der Waals surface area contributed by atoms with Crippen molar-refractivity contribution in [2.75, 3.05) is 13.7 Å². The van der Waals surface area contributed by atoms with Crippen LogP contribution in [0.1, 0.15) is 48.2 Å². The highest BCUT2D eigenvalue weighted by atomic mass is 79.9. The van der Waals surface area contributed by atoms with E-state index < -0.39 is 30.6 Å². The van der Waals surface area contributed by atoms with Crippen LogP contribution in [0.3, 0.4) is 0 Å². The molecule has 0 aromatic heterocycles. The highest BCUT2D eigenvalue weighted by molar-refractivity contribution is 9.10. The van der Waals surface area contributed by atoms with Gasteiger partial charge in [0.15, 0.2) is 6.61 Å². The zero-order valence-electron chi connectivity index (χ0n) is 20.4. The number of aliphatic carboxylic acids is 1. The highest BCUT2D eigenvalue weighted by Gasteiger charge is 2.43. The molecule has 0 amide bonds. The molecule has 3 aromatic rings. The standard InChI is InChI=1S/C29H27BrClFO5/c1-16(2)21-14-22(17-4-8-19(31)9-5-17)27(18-6-10-20(35-3)11-7-18)37-28(21)26-24(32)13-12-23(30)29(26)36-15-25(33)34/h4-13,21-22,27-28H,1,14-15H2,2-3H3,(H,33,34)/t21-,22-,27+,28+/m1/s1. The molecule has 0 saturated carbocycles. The van der Waals surface area contributed by atoms with Crippen LogP contribution in [-0.2, 0) is 9.53 Å². The molecule has 8 heteroatoms. The third-order valence-electron chi connectivity index (χ3n) is 6.63. The van der Waals surface area contributed by atoms with Gasteiger partial charge in [-0.05, 0) is 76.8 Å². The minimum absolute atomic E-state index is 0.0813. The van der Waals surface area contributed by atoms with E-state index in [2.05, 4.69) is 22.5 Å². The fourth-order valence-electron chi connectivity index (χ4n) is 4.82. The summed E-state index contributed by atoms with van der Waals surface area (Å²) in [5.41, 5.74) is 2.92. The monoisotopic (exact) mass is 588 g/mol. The number of benzene rings is 3. The van der Waals surface area contributed by atoms with Crippen LogP contribution < -0.4 is 9.47 Å². The number of carboxylic acids is 1. The lowest BCUT2D eigenvalue weighted by Crippen LogP contribution is -2.32. The van der Waals surface area contributed by atoms with Crippen molar-refractivity contribution in [3.63, 3.8) is 0 Å². The Kier molecular flexibility index (Phi) is 8.57. The number of carbonyl (C=O) groups is 1. The Balaban J connectivity index is 1.84. The van der Waals surface area contributed by atoms with Gasteiger partial charge in [-0.15, -0.1) is 0 Å². The molecule has 1 fully saturated rings. The average Bonchev–Trinajstić information content (AvgIpc) is 2.89. The summed E-state index contributed by atoms with van der Waals surface area (Å²) in [4.78, 5) is 11.2. The van der Waals surface area contributed by atoms with Gasteiger partial charge in [-0.3, -0.25) is 0 Å². The van der Waals surface area contributed by atoms with E-state index in [1.54, 1.807) is 7.11 Å². The number of carboxylic acid groups (broad SMARTS) is 1. The van der Waals surface area contributed by atoms with E-state index >= 15 is 4.39 Å². The van der Waals surface area contributed by atoms with Crippen molar-refractivity contribution in [2.45, 2.75) is 31.5 Å². The molecule has 4 atom stereocenters. The van der Waals surface area contributed by atoms with Gasteiger partial charge in [0.25, 0.3) is 0 Å². The first-order valence-electron chi connectivity index (χ1n) is 11.7. The molecule has 5 nitrogen and oxygen atoms in total. The van der Waals surface area contributed by atoms with E-state index in [4.69, 9.17) is 25.8 Å². The first-order chi connectivity index (χ1) is 17.7. The van der Waals surface area contributed by atoms with Crippen molar-refractivity contribution < 1.29 is 28.5 Å². The molecule has 4 rings (SSSR count). The van der Waals surface area contributed by atoms with Gasteiger partial charge in [0.1, 0.15) is 17.3 Å². The quantitative estimate of drug-likeness (QED) is 0.271. The average molecular weight is 590 g/mol. The first kappa shape index (κ1) is 27.2. The Hall–Kier alpha value is -2.87. The Labute approximate surface area is 228 Å². The van der Waals surface area contributed by atoms with Crippen LogP contribution in [0.2, 0.25) is 5.02 Å². The number of methoxy groups -OCH3 is 1. The maximum atomic E-state index is 15.5. The van der Waals surface area contributed by atoms with Crippen LogP contribution in [0, 0.1) is 11.7 Å². The smallest absolute Gasteiger partial charge is 0.341 e. The van der Waals surface area contributed by atoms with E-state index in [-0.39, 0.29) is 23.1 Å². The summed E-state index contributed by atoms with van der Waals surface area (Å²) < 4.78 is 33.6. The molecule has 0 aliphatic carbocycles. The summed E-state index contributed by atoms with van der Waals surface area (Å²) >= 11 is 9.56.